The van der Waals surface area contributed by atoms with Gasteiger partial charge in [-0.2, -0.15) is 0 Å². The molecule has 1 amide bonds. The summed E-state index contributed by atoms with van der Waals surface area (Å²) in [6, 6.07) is 4.55. The van der Waals surface area contributed by atoms with Crippen molar-refractivity contribution >= 4 is 33.5 Å². The van der Waals surface area contributed by atoms with Gasteiger partial charge in [-0.25, -0.2) is 4.79 Å². The molecule has 0 bridgehead atoms. The number of anilines is 1. The van der Waals surface area contributed by atoms with Crippen LogP contribution in [-0.2, 0) is 4.79 Å². The summed E-state index contributed by atoms with van der Waals surface area (Å²) in [5.74, 6) is -1.25. The summed E-state index contributed by atoms with van der Waals surface area (Å²) in [7, 11) is 0. The summed E-state index contributed by atoms with van der Waals surface area (Å²) < 4.78 is 0.566. The van der Waals surface area contributed by atoms with E-state index in [1.807, 2.05) is 0 Å². The van der Waals surface area contributed by atoms with E-state index in [2.05, 4.69) is 26.6 Å². The Labute approximate surface area is 119 Å². The molecule has 0 aliphatic carbocycles. The minimum atomic E-state index is -1.06. The highest BCUT2D eigenvalue weighted by molar-refractivity contribution is 9.10. The van der Waals surface area contributed by atoms with Gasteiger partial charge in [0, 0.05) is 4.47 Å². The molecule has 0 spiro atoms. The number of carbonyl (C=O) groups is 2. The summed E-state index contributed by atoms with van der Waals surface area (Å²) in [6.45, 7) is 0.819. The average molecular weight is 327 g/mol. The van der Waals surface area contributed by atoms with Crippen LogP contribution in [0.5, 0.6) is 0 Å². The van der Waals surface area contributed by atoms with Gasteiger partial charge in [-0.1, -0.05) is 12.5 Å². The van der Waals surface area contributed by atoms with Crippen molar-refractivity contribution in [3.8, 4) is 0 Å². The Morgan fingerprint density at radius 3 is 2.79 bits per heavy atom. The number of carboxylic acids is 1. The smallest absolute Gasteiger partial charge is 0.337 e. The second-order valence-electron chi connectivity index (χ2n) is 4.46. The first kappa shape index (κ1) is 14.0. The summed E-state index contributed by atoms with van der Waals surface area (Å²) in [4.78, 5) is 23.3. The first-order valence-corrected chi connectivity index (χ1v) is 6.95. The lowest BCUT2D eigenvalue weighted by atomic mass is 10.0. The van der Waals surface area contributed by atoms with Gasteiger partial charge in [0.2, 0.25) is 5.91 Å². The predicted molar refractivity (Wildman–Crippen MR) is 75.4 cm³/mol. The summed E-state index contributed by atoms with van der Waals surface area (Å²) >= 11 is 3.27. The van der Waals surface area contributed by atoms with Crippen LogP contribution in [0, 0.1) is 0 Å². The van der Waals surface area contributed by atoms with Gasteiger partial charge in [0.05, 0.1) is 17.3 Å². The van der Waals surface area contributed by atoms with Gasteiger partial charge >= 0.3 is 5.97 Å². The molecule has 5 nitrogen and oxygen atoms in total. The van der Waals surface area contributed by atoms with Gasteiger partial charge in [-0.3, -0.25) is 4.79 Å². The summed E-state index contributed by atoms with van der Waals surface area (Å²) in [5.41, 5.74) is 0.394. The minimum absolute atomic E-state index is 0.0820. The second-order valence-corrected chi connectivity index (χ2v) is 5.31. The number of amides is 1. The quantitative estimate of drug-likeness (QED) is 0.795. The molecule has 2 rings (SSSR count). The molecule has 1 heterocycles. The topological polar surface area (TPSA) is 78.4 Å². The molecule has 3 N–H and O–H groups in total. The number of carbonyl (C=O) groups excluding carboxylic acids is 1. The van der Waals surface area contributed by atoms with Crippen LogP contribution in [-0.4, -0.2) is 29.6 Å². The fraction of sp³-hybridized carbons (Fsp3) is 0.385. The number of piperidine rings is 1. The van der Waals surface area contributed by atoms with Crippen LogP contribution >= 0.6 is 15.9 Å². The SMILES string of the molecule is O=C(O)c1cccc(Br)c1NC(=O)[C@@H]1CCCCN1. The van der Waals surface area contributed by atoms with Crippen LogP contribution < -0.4 is 10.6 Å². The van der Waals surface area contributed by atoms with E-state index >= 15 is 0 Å². The summed E-state index contributed by atoms with van der Waals surface area (Å²) in [5, 5.41) is 15.0. The van der Waals surface area contributed by atoms with E-state index in [9.17, 15) is 9.59 Å². The van der Waals surface area contributed by atoms with Gasteiger partial charge in [0.15, 0.2) is 0 Å². The predicted octanol–water partition coefficient (Wildman–Crippen LogP) is 2.23. The molecule has 0 aromatic heterocycles. The minimum Gasteiger partial charge on any atom is -0.478 e. The van der Waals surface area contributed by atoms with E-state index in [1.165, 1.54) is 6.07 Å². The maximum Gasteiger partial charge on any atom is 0.337 e. The van der Waals surface area contributed by atoms with E-state index in [-0.39, 0.29) is 17.5 Å². The number of benzene rings is 1. The molecule has 6 heteroatoms. The number of rotatable bonds is 3. The number of hydrogen-bond donors (Lipinski definition) is 3. The number of nitrogens with one attached hydrogen (secondary N) is 2. The number of halogens is 1. The van der Waals surface area contributed by atoms with Crippen molar-refractivity contribution < 1.29 is 14.7 Å². The zero-order valence-corrected chi connectivity index (χ0v) is 11.9. The van der Waals surface area contributed by atoms with Crippen LogP contribution in [0.3, 0.4) is 0 Å². The number of hydrogen-bond acceptors (Lipinski definition) is 3. The number of carboxylic acid groups (broad SMARTS) is 1. The maximum absolute atomic E-state index is 12.1. The lowest BCUT2D eigenvalue weighted by Crippen LogP contribution is -2.43. The first-order chi connectivity index (χ1) is 9.09. The van der Waals surface area contributed by atoms with E-state index in [0.29, 0.717) is 10.2 Å². The van der Waals surface area contributed by atoms with Crippen molar-refractivity contribution in [2.75, 3.05) is 11.9 Å². The van der Waals surface area contributed by atoms with Crippen LogP contribution in [0.2, 0.25) is 0 Å². The molecule has 1 aliphatic heterocycles. The average Bonchev–Trinajstić information content (AvgIpc) is 2.41. The highest BCUT2D eigenvalue weighted by Crippen LogP contribution is 2.27. The highest BCUT2D eigenvalue weighted by Gasteiger charge is 2.23. The van der Waals surface area contributed by atoms with Crippen LogP contribution in [0.4, 0.5) is 5.69 Å². The van der Waals surface area contributed by atoms with Crippen LogP contribution in [0.25, 0.3) is 0 Å². The maximum atomic E-state index is 12.1. The third kappa shape index (κ3) is 3.33. The number of para-hydroxylation sites is 1. The molecular weight excluding hydrogens is 312 g/mol. The Morgan fingerprint density at radius 1 is 1.37 bits per heavy atom. The number of aromatic carboxylic acids is 1. The van der Waals surface area contributed by atoms with Gasteiger partial charge < -0.3 is 15.7 Å². The molecule has 1 aromatic carbocycles. The van der Waals surface area contributed by atoms with E-state index < -0.39 is 5.97 Å². The molecule has 102 valence electrons. The normalized spacial score (nSPS) is 18.9. The van der Waals surface area contributed by atoms with Crippen LogP contribution in [0.1, 0.15) is 29.6 Å². The van der Waals surface area contributed by atoms with Crippen molar-refractivity contribution in [1.82, 2.24) is 5.32 Å². The Balaban J connectivity index is 2.18. The molecule has 1 aromatic rings. The van der Waals surface area contributed by atoms with Crippen molar-refractivity contribution in [3.63, 3.8) is 0 Å². The monoisotopic (exact) mass is 326 g/mol. The van der Waals surface area contributed by atoms with Crippen molar-refractivity contribution in [1.29, 1.82) is 0 Å². The molecule has 0 saturated carbocycles. The Hall–Kier alpha value is -1.40. The third-order valence-corrected chi connectivity index (χ3v) is 3.78. The van der Waals surface area contributed by atoms with Gasteiger partial charge in [0.1, 0.15) is 0 Å². The van der Waals surface area contributed by atoms with Gasteiger partial charge in [-0.15, -0.1) is 0 Å². The highest BCUT2D eigenvalue weighted by atomic mass is 79.9. The first-order valence-electron chi connectivity index (χ1n) is 6.15. The largest absolute Gasteiger partial charge is 0.478 e. The summed E-state index contributed by atoms with van der Waals surface area (Å²) in [6.07, 6.45) is 2.85. The Morgan fingerprint density at radius 2 is 2.16 bits per heavy atom. The molecule has 1 saturated heterocycles. The lowest BCUT2D eigenvalue weighted by Gasteiger charge is -2.23. The molecular formula is C13H15BrN2O3. The fourth-order valence-corrected chi connectivity index (χ4v) is 2.58. The lowest BCUT2D eigenvalue weighted by molar-refractivity contribution is -0.118. The van der Waals surface area contributed by atoms with E-state index in [1.54, 1.807) is 12.1 Å². The zero-order valence-electron chi connectivity index (χ0n) is 10.3. The van der Waals surface area contributed by atoms with Crippen LogP contribution in [0.15, 0.2) is 22.7 Å². The molecule has 1 aliphatic rings. The third-order valence-electron chi connectivity index (χ3n) is 3.12. The van der Waals surface area contributed by atoms with E-state index in [4.69, 9.17) is 5.11 Å². The Kier molecular flexibility index (Phi) is 4.55. The Bertz CT molecular complexity index is 499. The van der Waals surface area contributed by atoms with E-state index in [0.717, 1.165) is 25.8 Å². The molecule has 0 radical (unpaired) electrons. The molecule has 0 unspecified atom stereocenters. The second kappa shape index (κ2) is 6.16. The van der Waals surface area contributed by atoms with Gasteiger partial charge in [0.25, 0.3) is 0 Å². The van der Waals surface area contributed by atoms with Crippen molar-refractivity contribution in [2.24, 2.45) is 0 Å². The standard InChI is InChI=1S/C13H15BrN2O3/c14-9-5-3-4-8(13(18)19)11(9)16-12(17)10-6-1-2-7-15-10/h3-5,10,15H,1-2,6-7H2,(H,16,17)(H,18,19)/t10-/m0/s1. The molecule has 19 heavy (non-hydrogen) atoms. The molecule has 1 atom stereocenters. The van der Waals surface area contributed by atoms with Crippen molar-refractivity contribution in [2.45, 2.75) is 25.3 Å². The molecule has 1 fully saturated rings. The fourth-order valence-electron chi connectivity index (χ4n) is 2.12. The van der Waals surface area contributed by atoms with Crippen molar-refractivity contribution in [3.05, 3.63) is 28.2 Å². The van der Waals surface area contributed by atoms with Gasteiger partial charge in [-0.05, 0) is 47.4 Å². The zero-order chi connectivity index (χ0) is 13.8.